The number of anilines is 1. The first kappa shape index (κ1) is 22.7. The first-order valence-electron chi connectivity index (χ1n) is 10.6. The van der Waals surface area contributed by atoms with E-state index < -0.39 is 6.04 Å². The molecule has 2 rings (SSSR count). The molecule has 1 aliphatic heterocycles. The summed E-state index contributed by atoms with van der Waals surface area (Å²) in [7, 11) is 0. The molecule has 0 aromatic heterocycles. The second-order valence-electron chi connectivity index (χ2n) is 7.34. The number of carbonyl (C=O) groups excluding carboxylic acids is 3. The molecule has 0 aliphatic carbocycles. The van der Waals surface area contributed by atoms with Crippen molar-refractivity contribution in [3.05, 3.63) is 29.8 Å². The van der Waals surface area contributed by atoms with E-state index in [9.17, 15) is 14.4 Å². The van der Waals surface area contributed by atoms with Crippen LogP contribution < -0.4 is 10.6 Å². The minimum absolute atomic E-state index is 0.0920. The summed E-state index contributed by atoms with van der Waals surface area (Å²) >= 11 is 0. The van der Waals surface area contributed by atoms with E-state index in [4.69, 9.17) is 4.74 Å². The fourth-order valence-corrected chi connectivity index (χ4v) is 3.51. The van der Waals surface area contributed by atoms with E-state index in [1.165, 1.54) is 5.56 Å². The number of hydrogen-bond acceptors (Lipinski definition) is 4. The molecule has 1 unspecified atom stereocenters. The average Bonchev–Trinajstić information content (AvgIpc) is 2.73. The van der Waals surface area contributed by atoms with Crippen molar-refractivity contribution in [3.8, 4) is 0 Å². The van der Waals surface area contributed by atoms with Crippen LogP contribution in [0.1, 0.15) is 52.0 Å². The van der Waals surface area contributed by atoms with E-state index in [1.807, 2.05) is 31.2 Å². The van der Waals surface area contributed by atoms with Crippen LogP contribution in [-0.4, -0.2) is 48.5 Å². The summed E-state index contributed by atoms with van der Waals surface area (Å²) in [6, 6.07) is 6.69. The van der Waals surface area contributed by atoms with Crippen LogP contribution in [0.3, 0.4) is 0 Å². The van der Waals surface area contributed by atoms with Crippen LogP contribution in [0.15, 0.2) is 24.3 Å². The predicted octanol–water partition coefficient (Wildman–Crippen LogP) is 3.34. The van der Waals surface area contributed by atoms with Crippen LogP contribution in [0.4, 0.5) is 10.5 Å². The number of esters is 1. The van der Waals surface area contributed by atoms with Crippen molar-refractivity contribution in [1.82, 2.24) is 10.2 Å². The van der Waals surface area contributed by atoms with Crippen LogP contribution in [0.2, 0.25) is 0 Å². The van der Waals surface area contributed by atoms with Gasteiger partial charge >= 0.3 is 12.0 Å². The summed E-state index contributed by atoms with van der Waals surface area (Å²) in [6.07, 6.45) is 3.48. The summed E-state index contributed by atoms with van der Waals surface area (Å²) in [4.78, 5) is 38.9. The van der Waals surface area contributed by atoms with Crippen LogP contribution in [-0.2, 0) is 20.7 Å². The molecule has 0 saturated carbocycles. The second kappa shape index (κ2) is 11.4. The topological polar surface area (TPSA) is 87.7 Å². The Morgan fingerprint density at radius 2 is 1.76 bits per heavy atom. The highest BCUT2D eigenvalue weighted by Gasteiger charge is 2.31. The molecule has 1 aliphatic rings. The van der Waals surface area contributed by atoms with Gasteiger partial charge in [-0.1, -0.05) is 32.4 Å². The Kier molecular flexibility index (Phi) is 8.96. The number of likely N-dealkylation sites (tertiary alicyclic amines) is 1. The number of piperidine rings is 1. The summed E-state index contributed by atoms with van der Waals surface area (Å²) in [5.74, 6) is -0.423. The maximum Gasteiger partial charge on any atom is 0.319 e. The van der Waals surface area contributed by atoms with Gasteiger partial charge in [0.2, 0.25) is 5.91 Å². The third-order valence-corrected chi connectivity index (χ3v) is 5.23. The number of amides is 3. The van der Waals surface area contributed by atoms with Crippen molar-refractivity contribution >= 4 is 23.6 Å². The molecule has 1 atom stereocenters. The van der Waals surface area contributed by atoms with E-state index in [2.05, 4.69) is 17.6 Å². The molecule has 3 amide bonds. The Morgan fingerprint density at radius 1 is 1.10 bits per heavy atom. The van der Waals surface area contributed by atoms with Crippen molar-refractivity contribution in [1.29, 1.82) is 0 Å². The highest BCUT2D eigenvalue weighted by atomic mass is 16.5. The van der Waals surface area contributed by atoms with Gasteiger partial charge in [0.25, 0.3) is 0 Å². The van der Waals surface area contributed by atoms with Gasteiger partial charge in [-0.25, -0.2) is 4.79 Å². The van der Waals surface area contributed by atoms with Gasteiger partial charge in [-0.3, -0.25) is 9.59 Å². The van der Waals surface area contributed by atoms with Gasteiger partial charge in [-0.15, -0.1) is 0 Å². The predicted molar refractivity (Wildman–Crippen MR) is 113 cm³/mol. The van der Waals surface area contributed by atoms with Crippen molar-refractivity contribution in [2.45, 2.75) is 58.9 Å². The van der Waals surface area contributed by atoms with Crippen LogP contribution in [0, 0.1) is 5.92 Å². The summed E-state index contributed by atoms with van der Waals surface area (Å²) < 4.78 is 5.08. The van der Waals surface area contributed by atoms with E-state index in [-0.39, 0.29) is 23.8 Å². The Labute approximate surface area is 173 Å². The average molecular weight is 404 g/mol. The summed E-state index contributed by atoms with van der Waals surface area (Å²) in [5.41, 5.74) is 1.89. The lowest BCUT2D eigenvalue weighted by Crippen LogP contribution is -2.52. The Hall–Kier alpha value is -2.57. The van der Waals surface area contributed by atoms with Gasteiger partial charge in [0, 0.05) is 18.8 Å². The lowest BCUT2D eigenvalue weighted by molar-refractivity contribution is -0.151. The number of hydrogen-bond donors (Lipinski definition) is 2. The molecule has 1 fully saturated rings. The van der Waals surface area contributed by atoms with E-state index in [0.717, 1.165) is 12.8 Å². The van der Waals surface area contributed by atoms with E-state index in [1.54, 1.807) is 11.8 Å². The molecule has 0 spiro atoms. The van der Waals surface area contributed by atoms with Crippen molar-refractivity contribution in [2.75, 3.05) is 25.0 Å². The largest absolute Gasteiger partial charge is 0.466 e. The molecule has 160 valence electrons. The number of nitrogens with one attached hydrogen (secondary N) is 2. The Bertz CT molecular complexity index is 682. The normalized spacial score (nSPS) is 15.5. The SMILES string of the molecule is CCCC(NC(=O)Nc1ccc(CC)cc1)C(=O)N1CCC(C(=O)OCC)CC1. The van der Waals surface area contributed by atoms with E-state index >= 15 is 0 Å². The molecule has 29 heavy (non-hydrogen) atoms. The molecular weight excluding hydrogens is 370 g/mol. The standard InChI is InChI=1S/C22H33N3O4/c1-4-7-19(24-22(28)23-18-10-8-16(5-2)9-11-18)20(26)25-14-12-17(13-15-25)21(27)29-6-3/h8-11,17,19H,4-7,12-15H2,1-3H3,(H2,23,24,28). The molecule has 1 aromatic carbocycles. The third kappa shape index (κ3) is 6.76. The summed E-state index contributed by atoms with van der Waals surface area (Å²) in [6.45, 7) is 7.23. The molecule has 0 bridgehead atoms. The Morgan fingerprint density at radius 3 is 2.31 bits per heavy atom. The number of carbonyl (C=O) groups is 3. The van der Waals surface area contributed by atoms with Gasteiger partial charge in [0.05, 0.1) is 12.5 Å². The van der Waals surface area contributed by atoms with Crippen LogP contribution >= 0.6 is 0 Å². The van der Waals surface area contributed by atoms with Crippen molar-refractivity contribution in [3.63, 3.8) is 0 Å². The fourth-order valence-electron chi connectivity index (χ4n) is 3.51. The smallest absolute Gasteiger partial charge is 0.319 e. The zero-order valence-electron chi connectivity index (χ0n) is 17.7. The molecule has 7 nitrogen and oxygen atoms in total. The number of benzene rings is 1. The van der Waals surface area contributed by atoms with Crippen molar-refractivity contribution < 1.29 is 19.1 Å². The first-order valence-corrected chi connectivity index (χ1v) is 10.6. The molecule has 1 heterocycles. The lowest BCUT2D eigenvalue weighted by Gasteiger charge is -2.33. The fraction of sp³-hybridized carbons (Fsp3) is 0.591. The monoisotopic (exact) mass is 403 g/mol. The maximum absolute atomic E-state index is 12.9. The van der Waals surface area contributed by atoms with Crippen LogP contribution in [0.5, 0.6) is 0 Å². The third-order valence-electron chi connectivity index (χ3n) is 5.23. The number of urea groups is 1. The Balaban J connectivity index is 1.89. The number of rotatable bonds is 8. The zero-order valence-corrected chi connectivity index (χ0v) is 17.7. The highest BCUT2D eigenvalue weighted by molar-refractivity contribution is 5.93. The van der Waals surface area contributed by atoms with Gasteiger partial charge in [0.1, 0.15) is 6.04 Å². The molecule has 2 N–H and O–H groups in total. The van der Waals surface area contributed by atoms with Gasteiger partial charge in [0.15, 0.2) is 0 Å². The van der Waals surface area contributed by atoms with E-state index in [0.29, 0.717) is 44.6 Å². The second-order valence-corrected chi connectivity index (χ2v) is 7.34. The summed E-state index contributed by atoms with van der Waals surface area (Å²) in [5, 5.41) is 5.61. The maximum atomic E-state index is 12.9. The number of aryl methyl sites for hydroxylation is 1. The number of nitrogens with zero attached hydrogens (tertiary/aromatic N) is 1. The minimum Gasteiger partial charge on any atom is -0.466 e. The van der Waals surface area contributed by atoms with Crippen LogP contribution in [0.25, 0.3) is 0 Å². The number of ether oxygens (including phenoxy) is 1. The van der Waals surface area contributed by atoms with Gasteiger partial charge in [-0.05, 0) is 50.3 Å². The van der Waals surface area contributed by atoms with Gasteiger partial charge < -0.3 is 20.3 Å². The first-order chi connectivity index (χ1) is 14.0. The molecule has 1 saturated heterocycles. The molecular formula is C22H33N3O4. The quantitative estimate of drug-likeness (QED) is 0.652. The highest BCUT2D eigenvalue weighted by Crippen LogP contribution is 2.20. The lowest BCUT2D eigenvalue weighted by atomic mass is 9.96. The minimum atomic E-state index is -0.575. The molecule has 1 aromatic rings. The van der Waals surface area contributed by atoms with Crippen molar-refractivity contribution in [2.24, 2.45) is 5.92 Å². The molecule has 7 heteroatoms. The van der Waals surface area contributed by atoms with Gasteiger partial charge in [-0.2, -0.15) is 0 Å². The zero-order chi connectivity index (χ0) is 21.2. The molecule has 0 radical (unpaired) electrons.